The van der Waals surface area contributed by atoms with Gasteiger partial charge in [0.2, 0.25) is 0 Å². The van der Waals surface area contributed by atoms with Crippen LogP contribution in [0.4, 0.5) is 5.69 Å². The Balaban J connectivity index is 1.81. The highest BCUT2D eigenvalue weighted by molar-refractivity contribution is 8.01. The molecular weight excluding hydrogens is 298 g/mol. The summed E-state index contributed by atoms with van der Waals surface area (Å²) in [5.74, 6) is 0.960. The van der Waals surface area contributed by atoms with Gasteiger partial charge in [0.1, 0.15) is 5.75 Å². The van der Waals surface area contributed by atoms with E-state index in [4.69, 9.17) is 4.74 Å². The van der Waals surface area contributed by atoms with Crippen molar-refractivity contribution in [3.63, 3.8) is 0 Å². The van der Waals surface area contributed by atoms with Crippen LogP contribution in [0.15, 0.2) is 39.9 Å². The van der Waals surface area contributed by atoms with E-state index in [9.17, 15) is 0 Å². The van der Waals surface area contributed by atoms with Crippen molar-refractivity contribution < 1.29 is 4.74 Å². The van der Waals surface area contributed by atoms with Gasteiger partial charge in [0.25, 0.3) is 0 Å². The van der Waals surface area contributed by atoms with Crippen molar-refractivity contribution in [2.45, 2.75) is 42.2 Å². The lowest BCUT2D eigenvalue weighted by Gasteiger charge is -2.29. The summed E-state index contributed by atoms with van der Waals surface area (Å²) in [6.45, 7) is 5.20. The summed E-state index contributed by atoms with van der Waals surface area (Å²) in [6.07, 6.45) is 2.18. The second-order valence-corrected chi connectivity index (χ2v) is 7.99. The molecule has 0 aliphatic carbocycles. The van der Waals surface area contributed by atoms with Crippen molar-refractivity contribution in [1.29, 1.82) is 0 Å². The summed E-state index contributed by atoms with van der Waals surface area (Å²) in [6, 6.07) is 10.9. The Morgan fingerprint density at radius 3 is 3.00 bits per heavy atom. The first-order chi connectivity index (χ1) is 10.3. The van der Waals surface area contributed by atoms with Crippen molar-refractivity contribution in [3.05, 3.63) is 41.3 Å². The summed E-state index contributed by atoms with van der Waals surface area (Å²) in [5.41, 5.74) is 2.54. The molecule has 2 heterocycles. The number of thioether (sulfide) groups is 1. The minimum Gasteiger partial charge on any atom is -0.491 e. The summed E-state index contributed by atoms with van der Waals surface area (Å²) < 4.78 is 7.32. The van der Waals surface area contributed by atoms with E-state index in [1.54, 1.807) is 0 Å². The Kier molecular flexibility index (Phi) is 4.76. The van der Waals surface area contributed by atoms with Gasteiger partial charge in [0, 0.05) is 5.25 Å². The predicted octanol–water partition coefficient (Wildman–Crippen LogP) is 5.57. The zero-order valence-corrected chi connectivity index (χ0v) is 14.1. The number of nitrogens with one attached hydrogen (secondary N) is 1. The number of para-hydroxylation sites is 2. The molecule has 0 saturated heterocycles. The highest BCUT2D eigenvalue weighted by Gasteiger charge is 2.26. The average Bonchev–Trinajstić information content (AvgIpc) is 2.94. The molecule has 2 aromatic rings. The number of thiophene rings is 1. The van der Waals surface area contributed by atoms with Crippen molar-refractivity contribution in [2.24, 2.45) is 0 Å². The minimum atomic E-state index is 0.383. The van der Waals surface area contributed by atoms with Crippen molar-refractivity contribution >= 4 is 28.8 Å². The standard InChI is InChI=1S/C17H21NOS2/c1-3-9-19-16-7-5-4-6-14(16)18-15-11-12(2)21-17-13(15)8-10-20-17/h4-8,10,12,15,18H,3,9,11H2,1-2H3/t12-,15?/m0/s1. The smallest absolute Gasteiger partial charge is 0.142 e. The lowest BCUT2D eigenvalue weighted by molar-refractivity contribution is 0.318. The first-order valence-electron chi connectivity index (χ1n) is 7.50. The van der Waals surface area contributed by atoms with E-state index >= 15 is 0 Å². The number of ether oxygens (including phenoxy) is 1. The van der Waals surface area contributed by atoms with Crippen LogP contribution in [-0.4, -0.2) is 11.9 Å². The molecule has 112 valence electrons. The predicted molar refractivity (Wildman–Crippen MR) is 92.8 cm³/mol. The third-order valence-electron chi connectivity index (χ3n) is 3.59. The normalized spacial score (nSPS) is 20.9. The molecule has 2 nitrogen and oxygen atoms in total. The van der Waals surface area contributed by atoms with Crippen LogP contribution in [0.25, 0.3) is 0 Å². The fourth-order valence-corrected chi connectivity index (χ4v) is 5.16. The zero-order valence-electron chi connectivity index (χ0n) is 12.5. The van der Waals surface area contributed by atoms with E-state index in [1.807, 2.05) is 35.2 Å². The van der Waals surface area contributed by atoms with Gasteiger partial charge in [-0.1, -0.05) is 26.0 Å². The third-order valence-corrected chi connectivity index (χ3v) is 5.93. The lowest BCUT2D eigenvalue weighted by atomic mass is 10.0. The summed E-state index contributed by atoms with van der Waals surface area (Å²) in [5, 5.41) is 6.55. The molecule has 1 unspecified atom stereocenters. The van der Waals surface area contributed by atoms with E-state index in [0.717, 1.165) is 30.9 Å². The van der Waals surface area contributed by atoms with E-state index in [-0.39, 0.29) is 0 Å². The van der Waals surface area contributed by atoms with E-state index in [1.165, 1.54) is 9.77 Å². The maximum atomic E-state index is 5.86. The van der Waals surface area contributed by atoms with Gasteiger partial charge in [-0.05, 0) is 42.0 Å². The maximum Gasteiger partial charge on any atom is 0.142 e. The number of hydrogen-bond acceptors (Lipinski definition) is 4. The molecule has 0 radical (unpaired) electrons. The number of benzene rings is 1. The van der Waals surface area contributed by atoms with Crippen LogP contribution in [0, 0.1) is 0 Å². The first kappa shape index (κ1) is 14.8. The van der Waals surface area contributed by atoms with Crippen molar-refractivity contribution in [3.8, 4) is 5.75 Å². The van der Waals surface area contributed by atoms with Gasteiger partial charge < -0.3 is 10.1 Å². The Bertz CT molecular complexity index is 596. The quantitative estimate of drug-likeness (QED) is 0.778. The van der Waals surface area contributed by atoms with E-state index in [2.05, 4.69) is 42.7 Å². The topological polar surface area (TPSA) is 21.3 Å². The number of rotatable bonds is 5. The monoisotopic (exact) mass is 319 g/mol. The van der Waals surface area contributed by atoms with Gasteiger partial charge in [-0.25, -0.2) is 0 Å². The lowest BCUT2D eigenvalue weighted by Crippen LogP contribution is -2.19. The maximum absolute atomic E-state index is 5.86. The fraction of sp³-hybridized carbons (Fsp3) is 0.412. The molecule has 0 saturated carbocycles. The largest absolute Gasteiger partial charge is 0.491 e. The van der Waals surface area contributed by atoms with Gasteiger partial charge in [-0.2, -0.15) is 0 Å². The molecule has 0 amide bonds. The van der Waals surface area contributed by atoms with Crippen LogP contribution in [0.5, 0.6) is 5.75 Å². The van der Waals surface area contributed by atoms with Crippen molar-refractivity contribution in [2.75, 3.05) is 11.9 Å². The number of hydrogen-bond donors (Lipinski definition) is 1. The molecule has 0 bridgehead atoms. The summed E-state index contributed by atoms with van der Waals surface area (Å²) >= 11 is 3.85. The van der Waals surface area contributed by atoms with Crippen molar-refractivity contribution in [1.82, 2.24) is 0 Å². The van der Waals surface area contributed by atoms with Gasteiger partial charge >= 0.3 is 0 Å². The molecule has 1 N–H and O–H groups in total. The fourth-order valence-electron chi connectivity index (χ4n) is 2.60. The molecule has 3 rings (SSSR count). The first-order valence-corrected chi connectivity index (χ1v) is 9.26. The molecular formula is C17H21NOS2. The molecule has 1 aliphatic heterocycles. The van der Waals surface area contributed by atoms with Gasteiger partial charge in [-0.15, -0.1) is 23.1 Å². The Morgan fingerprint density at radius 1 is 1.29 bits per heavy atom. The number of fused-ring (bicyclic) bond motifs is 1. The van der Waals surface area contributed by atoms with Gasteiger partial charge in [0.15, 0.2) is 0 Å². The molecule has 1 aliphatic rings. The molecule has 2 atom stereocenters. The SMILES string of the molecule is CCCOc1ccccc1NC1C[C@H](C)Sc2sccc21. The van der Waals surface area contributed by atoms with E-state index < -0.39 is 0 Å². The molecule has 21 heavy (non-hydrogen) atoms. The highest BCUT2D eigenvalue weighted by atomic mass is 32.2. The minimum absolute atomic E-state index is 0.383. The van der Waals surface area contributed by atoms with Gasteiger partial charge in [-0.3, -0.25) is 0 Å². The summed E-state index contributed by atoms with van der Waals surface area (Å²) in [7, 11) is 0. The second kappa shape index (κ2) is 6.75. The van der Waals surface area contributed by atoms with Crippen LogP contribution in [-0.2, 0) is 0 Å². The van der Waals surface area contributed by atoms with Crippen LogP contribution in [0.3, 0.4) is 0 Å². The summed E-state index contributed by atoms with van der Waals surface area (Å²) in [4.78, 5) is 0. The Morgan fingerprint density at radius 2 is 2.14 bits per heavy atom. The number of anilines is 1. The Hall–Kier alpha value is -1.13. The molecule has 0 spiro atoms. The van der Waals surface area contributed by atoms with Gasteiger partial charge in [0.05, 0.1) is 22.5 Å². The van der Waals surface area contributed by atoms with Crippen LogP contribution >= 0.6 is 23.1 Å². The zero-order chi connectivity index (χ0) is 14.7. The molecule has 4 heteroatoms. The van der Waals surface area contributed by atoms with Crippen LogP contribution in [0.2, 0.25) is 0 Å². The second-order valence-electron chi connectivity index (χ2n) is 5.37. The average molecular weight is 319 g/mol. The van der Waals surface area contributed by atoms with Crippen LogP contribution in [0.1, 0.15) is 38.3 Å². The Labute approximate surface area is 134 Å². The molecule has 1 aromatic carbocycles. The van der Waals surface area contributed by atoms with Crippen LogP contribution < -0.4 is 10.1 Å². The third kappa shape index (κ3) is 3.38. The van der Waals surface area contributed by atoms with E-state index in [0.29, 0.717) is 11.3 Å². The molecule has 1 aromatic heterocycles. The highest BCUT2D eigenvalue weighted by Crippen LogP contribution is 2.45. The molecule has 0 fully saturated rings.